The van der Waals surface area contributed by atoms with Gasteiger partial charge in [-0.05, 0) is 50.2 Å². The minimum Gasteiger partial charge on any atom is -0.490 e. The van der Waals surface area contributed by atoms with Gasteiger partial charge in [-0.15, -0.1) is 0 Å². The quantitative estimate of drug-likeness (QED) is 0.833. The van der Waals surface area contributed by atoms with Crippen LogP contribution in [-0.4, -0.2) is 36.3 Å². The number of nitrogens with zero attached hydrogens (tertiary/aromatic N) is 2. The van der Waals surface area contributed by atoms with Crippen LogP contribution in [0.4, 0.5) is 5.69 Å². The second-order valence-corrected chi connectivity index (χ2v) is 6.43. The Bertz CT molecular complexity index is 680. The smallest absolute Gasteiger partial charge is 0.258 e. The third-order valence-electron chi connectivity index (χ3n) is 4.23. The van der Waals surface area contributed by atoms with Gasteiger partial charge in [0.25, 0.3) is 5.91 Å². The molecule has 1 amide bonds. The van der Waals surface area contributed by atoms with Gasteiger partial charge in [0.05, 0.1) is 25.1 Å². The zero-order valence-corrected chi connectivity index (χ0v) is 14.7. The third-order valence-corrected chi connectivity index (χ3v) is 4.23. The summed E-state index contributed by atoms with van der Waals surface area (Å²) in [6.45, 7) is 5.48. The van der Waals surface area contributed by atoms with Crippen molar-refractivity contribution in [3.8, 4) is 5.75 Å². The Hall–Kier alpha value is -2.40. The number of hydrogen-bond acceptors (Lipinski definition) is 4. The lowest BCUT2D eigenvalue weighted by atomic mass is 10.1. The zero-order chi connectivity index (χ0) is 17.6. The van der Waals surface area contributed by atoms with Crippen molar-refractivity contribution in [2.75, 3.05) is 18.1 Å². The molecule has 0 N–H and O–H groups in total. The van der Waals surface area contributed by atoms with Crippen LogP contribution in [0.25, 0.3) is 0 Å². The van der Waals surface area contributed by atoms with Gasteiger partial charge in [-0.1, -0.05) is 0 Å². The molecular weight excluding hydrogens is 316 g/mol. The van der Waals surface area contributed by atoms with Crippen LogP contribution < -0.4 is 9.64 Å². The lowest BCUT2D eigenvalue weighted by molar-refractivity contribution is 0.0256. The number of aromatic nitrogens is 1. The number of carbonyl (C=O) groups is 1. The molecule has 5 heteroatoms. The summed E-state index contributed by atoms with van der Waals surface area (Å²) in [6.07, 6.45) is 5.42. The van der Waals surface area contributed by atoms with Crippen molar-refractivity contribution in [3.63, 3.8) is 0 Å². The van der Waals surface area contributed by atoms with Crippen LogP contribution in [0, 0.1) is 0 Å². The molecule has 1 aliphatic heterocycles. The summed E-state index contributed by atoms with van der Waals surface area (Å²) >= 11 is 0. The molecule has 0 atom stereocenters. The molecule has 0 unspecified atom stereocenters. The topological polar surface area (TPSA) is 51.7 Å². The van der Waals surface area contributed by atoms with E-state index in [0.717, 1.165) is 37.5 Å². The van der Waals surface area contributed by atoms with Gasteiger partial charge in [-0.25, -0.2) is 0 Å². The van der Waals surface area contributed by atoms with Crippen molar-refractivity contribution in [3.05, 3.63) is 54.4 Å². The lowest BCUT2D eigenvalue weighted by Crippen LogP contribution is -2.37. The monoisotopic (exact) mass is 340 g/mol. The first-order chi connectivity index (χ1) is 12.1. The number of hydrogen-bond donors (Lipinski definition) is 0. The van der Waals surface area contributed by atoms with E-state index in [4.69, 9.17) is 9.47 Å². The molecule has 1 aromatic carbocycles. The van der Waals surface area contributed by atoms with Gasteiger partial charge in [0, 0.05) is 30.6 Å². The van der Waals surface area contributed by atoms with Gasteiger partial charge < -0.3 is 14.4 Å². The molecular formula is C20H24N2O3. The Kier molecular flexibility index (Phi) is 5.66. The van der Waals surface area contributed by atoms with E-state index in [1.54, 1.807) is 17.3 Å². The number of ether oxygens (including phenoxy) is 2. The molecule has 2 heterocycles. The number of pyridine rings is 1. The third kappa shape index (κ3) is 4.37. The molecule has 1 aromatic heterocycles. The average molecular weight is 340 g/mol. The summed E-state index contributed by atoms with van der Waals surface area (Å²) < 4.78 is 11.3. The average Bonchev–Trinajstić information content (AvgIpc) is 2.64. The fraction of sp³-hybridized carbons (Fsp3) is 0.400. The molecule has 0 spiro atoms. The fourth-order valence-electron chi connectivity index (χ4n) is 2.95. The summed E-state index contributed by atoms with van der Waals surface area (Å²) in [4.78, 5) is 18.8. The molecule has 0 aliphatic carbocycles. The molecule has 132 valence electrons. The highest BCUT2D eigenvalue weighted by Crippen LogP contribution is 2.22. The van der Waals surface area contributed by atoms with Crippen molar-refractivity contribution in [2.45, 2.75) is 38.8 Å². The first-order valence-corrected chi connectivity index (χ1v) is 8.73. The Balaban J connectivity index is 1.72. The highest BCUT2D eigenvalue weighted by Gasteiger charge is 2.21. The van der Waals surface area contributed by atoms with Gasteiger partial charge in [0.15, 0.2) is 0 Å². The van der Waals surface area contributed by atoms with Crippen LogP contribution in [-0.2, 0) is 4.74 Å². The fourth-order valence-corrected chi connectivity index (χ4v) is 2.95. The van der Waals surface area contributed by atoms with E-state index in [0.29, 0.717) is 5.56 Å². The molecule has 0 saturated carbocycles. The molecule has 0 bridgehead atoms. The summed E-state index contributed by atoms with van der Waals surface area (Å²) in [5.41, 5.74) is 1.43. The number of rotatable bonds is 5. The van der Waals surface area contributed by atoms with Crippen LogP contribution in [0.2, 0.25) is 0 Å². The second-order valence-electron chi connectivity index (χ2n) is 6.43. The second kappa shape index (κ2) is 8.12. The maximum absolute atomic E-state index is 12.9. The largest absolute Gasteiger partial charge is 0.490 e. The number of benzene rings is 1. The van der Waals surface area contributed by atoms with Gasteiger partial charge in [-0.2, -0.15) is 0 Å². The van der Waals surface area contributed by atoms with Crippen molar-refractivity contribution in [1.82, 2.24) is 4.98 Å². The van der Waals surface area contributed by atoms with Crippen LogP contribution >= 0.6 is 0 Å². The molecule has 1 saturated heterocycles. The normalized spacial score (nSPS) is 15.2. The zero-order valence-electron chi connectivity index (χ0n) is 14.7. The Labute approximate surface area is 148 Å². The summed E-state index contributed by atoms with van der Waals surface area (Å²) in [5.74, 6) is 0.751. The highest BCUT2D eigenvalue weighted by molar-refractivity contribution is 6.06. The molecule has 1 aliphatic rings. The van der Waals surface area contributed by atoms with E-state index in [-0.39, 0.29) is 18.1 Å². The van der Waals surface area contributed by atoms with E-state index in [9.17, 15) is 4.79 Å². The van der Waals surface area contributed by atoms with Crippen LogP contribution in [0.1, 0.15) is 37.0 Å². The van der Waals surface area contributed by atoms with Gasteiger partial charge in [0.2, 0.25) is 0 Å². The molecule has 1 fully saturated rings. The van der Waals surface area contributed by atoms with E-state index in [1.165, 1.54) is 0 Å². The molecule has 25 heavy (non-hydrogen) atoms. The van der Waals surface area contributed by atoms with Crippen molar-refractivity contribution < 1.29 is 14.3 Å². The minimum atomic E-state index is -0.0411. The Morgan fingerprint density at radius 3 is 2.52 bits per heavy atom. The predicted octanol–water partition coefficient (Wildman–Crippen LogP) is 3.69. The van der Waals surface area contributed by atoms with E-state index < -0.39 is 0 Å². The Morgan fingerprint density at radius 1 is 1.20 bits per heavy atom. The first kappa shape index (κ1) is 17.4. The van der Waals surface area contributed by atoms with Crippen molar-refractivity contribution in [2.24, 2.45) is 0 Å². The number of anilines is 1. The van der Waals surface area contributed by atoms with E-state index in [2.05, 4.69) is 4.98 Å². The predicted molar refractivity (Wildman–Crippen MR) is 97.1 cm³/mol. The van der Waals surface area contributed by atoms with Crippen LogP contribution in [0.3, 0.4) is 0 Å². The Morgan fingerprint density at radius 2 is 1.92 bits per heavy atom. The summed E-state index contributed by atoms with van der Waals surface area (Å²) in [7, 11) is 0. The molecule has 2 aromatic rings. The van der Waals surface area contributed by atoms with Crippen molar-refractivity contribution >= 4 is 11.6 Å². The number of amides is 1. The maximum Gasteiger partial charge on any atom is 0.258 e. The number of carbonyl (C=O) groups excluding carboxylic acids is 1. The van der Waals surface area contributed by atoms with E-state index >= 15 is 0 Å². The van der Waals surface area contributed by atoms with Crippen LogP contribution in [0.15, 0.2) is 48.8 Å². The standard InChI is InChI=1S/C20H24N2O3/c1-15(2)22(17-4-3-11-21-14-17)20(23)16-5-7-18(8-6-16)25-19-9-12-24-13-10-19/h3-8,11,14-15,19H,9-10,12-13H2,1-2H3. The summed E-state index contributed by atoms with van der Waals surface area (Å²) in [6, 6.07) is 11.1. The van der Waals surface area contributed by atoms with E-state index in [1.807, 2.05) is 50.2 Å². The minimum absolute atomic E-state index is 0.0369. The maximum atomic E-state index is 12.9. The van der Waals surface area contributed by atoms with Gasteiger partial charge in [-0.3, -0.25) is 9.78 Å². The highest BCUT2D eigenvalue weighted by atomic mass is 16.5. The van der Waals surface area contributed by atoms with Gasteiger partial charge in [0.1, 0.15) is 11.9 Å². The van der Waals surface area contributed by atoms with Gasteiger partial charge >= 0.3 is 0 Å². The van der Waals surface area contributed by atoms with Crippen LogP contribution in [0.5, 0.6) is 5.75 Å². The first-order valence-electron chi connectivity index (χ1n) is 8.73. The SMILES string of the molecule is CC(C)N(C(=O)c1ccc(OC2CCOCC2)cc1)c1cccnc1. The van der Waals surface area contributed by atoms with Crippen molar-refractivity contribution in [1.29, 1.82) is 0 Å². The summed E-state index contributed by atoms with van der Waals surface area (Å²) in [5, 5.41) is 0. The lowest BCUT2D eigenvalue weighted by Gasteiger charge is -2.27. The molecule has 3 rings (SSSR count). The molecule has 0 radical (unpaired) electrons. The molecule has 5 nitrogen and oxygen atoms in total.